The third kappa shape index (κ3) is 14.8. The zero-order valence-electron chi connectivity index (χ0n) is 11.0. The highest BCUT2D eigenvalue weighted by molar-refractivity contribution is 5.59. The third-order valence-electron chi connectivity index (χ3n) is 1.75. The van der Waals surface area contributed by atoms with Crippen LogP contribution in [0.4, 0.5) is 4.79 Å². The summed E-state index contributed by atoms with van der Waals surface area (Å²) in [6.07, 6.45) is 0.722. The molecule has 0 saturated carbocycles. The molecule has 0 amide bonds. The first kappa shape index (κ1) is 17.8. The van der Waals surface area contributed by atoms with Crippen molar-refractivity contribution in [1.82, 2.24) is 0 Å². The van der Waals surface area contributed by atoms with Gasteiger partial charge < -0.3 is 28.8 Å². The first-order valence-corrected chi connectivity index (χ1v) is 6.05. The quantitative estimate of drug-likeness (QED) is 0.296. The van der Waals surface area contributed by atoms with E-state index in [1.54, 1.807) is 0 Å². The molecule has 7 heteroatoms. The van der Waals surface area contributed by atoms with Crippen molar-refractivity contribution in [2.24, 2.45) is 0 Å². The lowest BCUT2D eigenvalue weighted by Gasteiger charge is -2.07. The lowest BCUT2D eigenvalue weighted by molar-refractivity contribution is -0.00528. The molecule has 0 aromatic carbocycles. The van der Waals surface area contributed by atoms with E-state index in [2.05, 4.69) is 11.3 Å². The van der Waals surface area contributed by atoms with E-state index in [4.69, 9.17) is 24.1 Å². The number of rotatable bonds is 13. The molecule has 0 saturated heterocycles. The maximum atomic E-state index is 10.9. The van der Waals surface area contributed by atoms with Gasteiger partial charge in [0.2, 0.25) is 0 Å². The van der Waals surface area contributed by atoms with Crippen LogP contribution in [0.2, 0.25) is 0 Å². The Labute approximate surface area is 113 Å². The Morgan fingerprint density at radius 2 is 1.42 bits per heavy atom. The molecule has 0 heterocycles. The van der Waals surface area contributed by atoms with Crippen molar-refractivity contribution in [2.75, 3.05) is 59.5 Å². The smallest absolute Gasteiger partial charge is 0.432 e. The summed E-state index contributed by atoms with van der Waals surface area (Å²) in [6.45, 7) is 6.02. The maximum absolute atomic E-state index is 10.9. The fourth-order valence-corrected chi connectivity index (χ4v) is 0.959. The van der Waals surface area contributed by atoms with E-state index in [1.165, 1.54) is 6.08 Å². The van der Waals surface area contributed by atoms with E-state index >= 15 is 0 Å². The molecular weight excluding hydrogens is 256 g/mol. The summed E-state index contributed by atoms with van der Waals surface area (Å²) in [7, 11) is 0. The van der Waals surface area contributed by atoms with Crippen molar-refractivity contribution in [3.05, 3.63) is 12.7 Å². The van der Waals surface area contributed by atoms with Crippen molar-refractivity contribution in [1.29, 1.82) is 0 Å². The SMILES string of the molecule is C=CCOC(=O)OCCOCCOCCOCCO. The predicted molar refractivity (Wildman–Crippen MR) is 67.0 cm³/mol. The van der Waals surface area contributed by atoms with Crippen molar-refractivity contribution < 1.29 is 33.6 Å². The van der Waals surface area contributed by atoms with Crippen LogP contribution < -0.4 is 0 Å². The van der Waals surface area contributed by atoms with Gasteiger partial charge >= 0.3 is 6.16 Å². The number of carbonyl (C=O) groups is 1. The fourth-order valence-electron chi connectivity index (χ4n) is 0.959. The summed E-state index contributed by atoms with van der Waals surface area (Å²) in [5, 5.41) is 8.44. The van der Waals surface area contributed by atoms with E-state index in [1.807, 2.05) is 0 Å². The third-order valence-corrected chi connectivity index (χ3v) is 1.75. The first-order valence-electron chi connectivity index (χ1n) is 6.05. The Hall–Kier alpha value is -1.15. The van der Waals surface area contributed by atoms with Crippen molar-refractivity contribution in [3.8, 4) is 0 Å². The molecule has 0 rings (SSSR count). The van der Waals surface area contributed by atoms with Crippen LogP contribution in [0.1, 0.15) is 0 Å². The second-order valence-corrected chi connectivity index (χ2v) is 3.26. The highest BCUT2D eigenvalue weighted by Gasteiger charge is 2.01. The highest BCUT2D eigenvalue weighted by atomic mass is 16.7. The highest BCUT2D eigenvalue weighted by Crippen LogP contribution is 1.87. The first-order chi connectivity index (χ1) is 9.31. The zero-order chi connectivity index (χ0) is 14.2. The normalized spacial score (nSPS) is 10.2. The van der Waals surface area contributed by atoms with Gasteiger partial charge in [-0.05, 0) is 0 Å². The Balaban J connectivity index is 3.06. The number of carbonyl (C=O) groups excluding carboxylic acids is 1. The molecule has 1 N–H and O–H groups in total. The number of ether oxygens (including phenoxy) is 5. The Morgan fingerprint density at radius 3 is 1.95 bits per heavy atom. The summed E-state index contributed by atoms with van der Waals surface area (Å²) < 4.78 is 24.6. The van der Waals surface area contributed by atoms with Gasteiger partial charge in [-0.2, -0.15) is 0 Å². The van der Waals surface area contributed by atoms with Crippen LogP contribution >= 0.6 is 0 Å². The summed E-state index contributed by atoms with van der Waals surface area (Å²) in [5.74, 6) is 0. The summed E-state index contributed by atoms with van der Waals surface area (Å²) >= 11 is 0. The average Bonchev–Trinajstić information content (AvgIpc) is 2.42. The standard InChI is InChI=1S/C12H22O7/c1-2-4-18-12(14)19-11-10-17-9-8-16-7-6-15-5-3-13/h2,13H,1,3-11H2. The van der Waals surface area contributed by atoms with E-state index in [0.717, 1.165) is 0 Å². The van der Waals surface area contributed by atoms with E-state index in [0.29, 0.717) is 33.0 Å². The van der Waals surface area contributed by atoms with Crippen molar-refractivity contribution >= 4 is 6.16 Å². The molecule has 0 bridgehead atoms. The molecule has 0 fully saturated rings. The van der Waals surface area contributed by atoms with Crippen molar-refractivity contribution in [3.63, 3.8) is 0 Å². The van der Waals surface area contributed by atoms with Gasteiger partial charge in [0, 0.05) is 0 Å². The molecule has 112 valence electrons. The molecule has 19 heavy (non-hydrogen) atoms. The van der Waals surface area contributed by atoms with Crippen LogP contribution in [0.3, 0.4) is 0 Å². The van der Waals surface area contributed by atoms with Crippen LogP contribution in [0.5, 0.6) is 0 Å². The Morgan fingerprint density at radius 1 is 0.895 bits per heavy atom. The van der Waals surface area contributed by atoms with Gasteiger partial charge in [0.1, 0.15) is 13.2 Å². The van der Waals surface area contributed by atoms with Crippen LogP contribution in [0.25, 0.3) is 0 Å². The molecule has 0 aromatic heterocycles. The topological polar surface area (TPSA) is 83.5 Å². The van der Waals surface area contributed by atoms with Gasteiger partial charge in [-0.15, -0.1) is 0 Å². The lowest BCUT2D eigenvalue weighted by atomic mass is 10.7. The van der Waals surface area contributed by atoms with Gasteiger partial charge in [-0.1, -0.05) is 12.7 Å². The van der Waals surface area contributed by atoms with Gasteiger partial charge in [0.15, 0.2) is 0 Å². The van der Waals surface area contributed by atoms with Crippen LogP contribution in [-0.2, 0) is 23.7 Å². The molecule has 0 aliphatic carbocycles. The van der Waals surface area contributed by atoms with Crippen LogP contribution in [0, 0.1) is 0 Å². The maximum Gasteiger partial charge on any atom is 0.508 e. The van der Waals surface area contributed by atoms with Crippen molar-refractivity contribution in [2.45, 2.75) is 0 Å². The molecule has 0 aliphatic rings. The summed E-state index contributed by atoms with van der Waals surface area (Å²) in [6, 6.07) is 0. The number of hydrogen-bond acceptors (Lipinski definition) is 7. The minimum atomic E-state index is -0.735. The minimum absolute atomic E-state index is 0.0122. The predicted octanol–water partition coefficient (Wildman–Crippen LogP) is 0.368. The average molecular weight is 278 g/mol. The molecule has 0 spiro atoms. The molecule has 0 aliphatic heterocycles. The minimum Gasteiger partial charge on any atom is -0.432 e. The van der Waals surface area contributed by atoms with E-state index in [9.17, 15) is 4.79 Å². The largest absolute Gasteiger partial charge is 0.508 e. The van der Waals surface area contributed by atoms with Gasteiger partial charge in [-0.25, -0.2) is 4.79 Å². The second kappa shape index (κ2) is 14.9. The number of aliphatic hydroxyl groups is 1. The van der Waals surface area contributed by atoms with E-state index in [-0.39, 0.29) is 26.4 Å². The Bertz CT molecular complexity index is 220. The zero-order valence-corrected chi connectivity index (χ0v) is 11.0. The summed E-state index contributed by atoms with van der Waals surface area (Å²) in [5.41, 5.74) is 0. The van der Waals surface area contributed by atoms with Gasteiger partial charge in [-0.3, -0.25) is 0 Å². The monoisotopic (exact) mass is 278 g/mol. The second-order valence-electron chi connectivity index (χ2n) is 3.26. The Kier molecular flexibility index (Phi) is 14.0. The molecule has 7 nitrogen and oxygen atoms in total. The van der Waals surface area contributed by atoms with Gasteiger partial charge in [0.25, 0.3) is 0 Å². The van der Waals surface area contributed by atoms with Crippen LogP contribution in [0.15, 0.2) is 12.7 Å². The van der Waals surface area contributed by atoms with Gasteiger partial charge in [0.05, 0.1) is 46.2 Å². The lowest BCUT2D eigenvalue weighted by Crippen LogP contribution is -2.15. The van der Waals surface area contributed by atoms with E-state index < -0.39 is 6.16 Å². The number of hydrogen-bond donors (Lipinski definition) is 1. The molecule has 0 unspecified atom stereocenters. The number of aliphatic hydroxyl groups excluding tert-OH is 1. The summed E-state index contributed by atoms with van der Waals surface area (Å²) in [4.78, 5) is 10.9. The molecular formula is C12H22O7. The molecule has 0 atom stereocenters. The molecule has 0 aromatic rings. The van der Waals surface area contributed by atoms with Crippen LogP contribution in [-0.4, -0.2) is 70.7 Å². The fraction of sp³-hybridized carbons (Fsp3) is 0.750. The molecule has 0 radical (unpaired) electrons.